The van der Waals surface area contributed by atoms with Gasteiger partial charge in [-0.2, -0.15) is 0 Å². The number of morpholine rings is 1. The lowest BCUT2D eigenvalue weighted by Gasteiger charge is -2.36. The van der Waals surface area contributed by atoms with E-state index in [1.54, 1.807) is 25.3 Å². The van der Waals surface area contributed by atoms with E-state index >= 15 is 0 Å². The SMILES string of the molecule is COc1cc(Cl)ccc1OC(c1ccccc1)C1CN(C(=O)O)CCO1. The summed E-state index contributed by atoms with van der Waals surface area (Å²) in [6.07, 6.45) is -1.90. The van der Waals surface area contributed by atoms with Crippen molar-refractivity contribution < 1.29 is 24.1 Å². The number of hydrogen-bond donors (Lipinski definition) is 1. The molecule has 0 radical (unpaired) electrons. The zero-order chi connectivity index (χ0) is 18.5. The molecule has 0 bridgehead atoms. The molecule has 0 aliphatic carbocycles. The number of rotatable bonds is 5. The topological polar surface area (TPSA) is 68.2 Å². The number of amides is 1. The number of nitrogens with zero attached hydrogens (tertiary/aromatic N) is 1. The zero-order valence-corrected chi connectivity index (χ0v) is 15.1. The summed E-state index contributed by atoms with van der Waals surface area (Å²) in [5, 5.41) is 9.84. The molecule has 1 saturated heterocycles. The van der Waals surface area contributed by atoms with Gasteiger partial charge < -0.3 is 24.2 Å². The standard InChI is InChI=1S/C19H20ClNO5/c1-24-16-11-14(20)7-8-15(16)26-18(13-5-3-2-4-6-13)17-12-21(19(22)23)9-10-25-17/h2-8,11,17-18H,9-10,12H2,1H3,(H,22,23). The van der Waals surface area contributed by atoms with E-state index in [2.05, 4.69) is 0 Å². The summed E-state index contributed by atoms with van der Waals surface area (Å²) in [6.45, 7) is 0.893. The molecule has 0 saturated carbocycles. The van der Waals surface area contributed by atoms with Crippen LogP contribution in [0.5, 0.6) is 11.5 Å². The van der Waals surface area contributed by atoms with Crippen LogP contribution >= 0.6 is 11.6 Å². The van der Waals surface area contributed by atoms with Crippen molar-refractivity contribution in [3.05, 3.63) is 59.1 Å². The highest BCUT2D eigenvalue weighted by molar-refractivity contribution is 6.30. The Morgan fingerprint density at radius 2 is 2.04 bits per heavy atom. The molecular weight excluding hydrogens is 358 g/mol. The fourth-order valence-electron chi connectivity index (χ4n) is 2.91. The van der Waals surface area contributed by atoms with Gasteiger partial charge in [-0.25, -0.2) is 4.79 Å². The van der Waals surface area contributed by atoms with Crippen molar-refractivity contribution in [1.29, 1.82) is 0 Å². The van der Waals surface area contributed by atoms with Gasteiger partial charge in [0.05, 0.1) is 20.3 Å². The molecule has 1 aliphatic heterocycles. The van der Waals surface area contributed by atoms with Crippen molar-refractivity contribution in [2.75, 3.05) is 26.8 Å². The second kappa shape index (κ2) is 8.29. The van der Waals surface area contributed by atoms with Crippen LogP contribution in [0, 0.1) is 0 Å². The summed E-state index contributed by atoms with van der Waals surface area (Å²) in [7, 11) is 1.54. The molecule has 1 N–H and O–H groups in total. The van der Waals surface area contributed by atoms with Crippen LogP contribution in [0.15, 0.2) is 48.5 Å². The summed E-state index contributed by atoms with van der Waals surface area (Å²) in [5.74, 6) is 1.02. The van der Waals surface area contributed by atoms with Crippen LogP contribution in [0.25, 0.3) is 0 Å². The van der Waals surface area contributed by atoms with Gasteiger partial charge >= 0.3 is 6.09 Å². The highest BCUT2D eigenvalue weighted by Gasteiger charge is 2.33. The van der Waals surface area contributed by atoms with Crippen LogP contribution in [0.4, 0.5) is 4.79 Å². The van der Waals surface area contributed by atoms with Gasteiger partial charge in [0, 0.05) is 17.6 Å². The summed E-state index contributed by atoms with van der Waals surface area (Å²) < 4.78 is 17.4. The van der Waals surface area contributed by atoms with Crippen LogP contribution in [-0.2, 0) is 4.74 Å². The van der Waals surface area contributed by atoms with E-state index in [0.29, 0.717) is 29.7 Å². The number of ether oxygens (including phenoxy) is 3. The lowest BCUT2D eigenvalue weighted by molar-refractivity contribution is -0.0757. The lowest BCUT2D eigenvalue weighted by Crippen LogP contribution is -2.48. The molecule has 1 aliphatic rings. The van der Waals surface area contributed by atoms with Crippen molar-refractivity contribution in [3.8, 4) is 11.5 Å². The Bertz CT molecular complexity index is 755. The van der Waals surface area contributed by atoms with Crippen molar-refractivity contribution in [2.24, 2.45) is 0 Å². The van der Waals surface area contributed by atoms with E-state index in [9.17, 15) is 9.90 Å². The van der Waals surface area contributed by atoms with E-state index in [4.69, 9.17) is 25.8 Å². The summed E-state index contributed by atoms with van der Waals surface area (Å²) in [5.41, 5.74) is 0.891. The Kier molecular flexibility index (Phi) is 5.85. The Morgan fingerprint density at radius 1 is 1.27 bits per heavy atom. The molecule has 7 heteroatoms. The predicted molar refractivity (Wildman–Crippen MR) is 97.2 cm³/mol. The highest BCUT2D eigenvalue weighted by Crippen LogP contribution is 2.35. The molecule has 1 fully saturated rings. The average molecular weight is 378 g/mol. The first kappa shape index (κ1) is 18.4. The molecule has 6 nitrogen and oxygen atoms in total. The molecule has 1 amide bonds. The summed E-state index contributed by atoms with van der Waals surface area (Å²) in [4.78, 5) is 12.7. The van der Waals surface area contributed by atoms with Crippen molar-refractivity contribution >= 4 is 17.7 Å². The maximum atomic E-state index is 11.4. The third kappa shape index (κ3) is 4.20. The fourth-order valence-corrected chi connectivity index (χ4v) is 3.07. The maximum Gasteiger partial charge on any atom is 0.407 e. The highest BCUT2D eigenvalue weighted by atomic mass is 35.5. The second-order valence-electron chi connectivity index (χ2n) is 5.88. The van der Waals surface area contributed by atoms with E-state index in [-0.39, 0.29) is 6.54 Å². The zero-order valence-electron chi connectivity index (χ0n) is 14.3. The predicted octanol–water partition coefficient (Wildman–Crippen LogP) is 3.85. The number of benzene rings is 2. The third-order valence-corrected chi connectivity index (χ3v) is 4.44. The van der Waals surface area contributed by atoms with Crippen molar-refractivity contribution in [2.45, 2.75) is 12.2 Å². The summed E-state index contributed by atoms with van der Waals surface area (Å²) in [6, 6.07) is 14.7. The first-order valence-corrected chi connectivity index (χ1v) is 8.61. The molecule has 26 heavy (non-hydrogen) atoms. The largest absolute Gasteiger partial charge is 0.493 e. The van der Waals surface area contributed by atoms with Crippen LogP contribution < -0.4 is 9.47 Å². The molecule has 0 spiro atoms. The van der Waals surface area contributed by atoms with Gasteiger partial charge in [-0.3, -0.25) is 0 Å². The van der Waals surface area contributed by atoms with E-state index in [1.807, 2.05) is 30.3 Å². The average Bonchev–Trinajstić information content (AvgIpc) is 2.67. The molecule has 2 unspecified atom stereocenters. The number of hydrogen-bond acceptors (Lipinski definition) is 4. The maximum absolute atomic E-state index is 11.4. The Balaban J connectivity index is 1.91. The number of carboxylic acid groups (broad SMARTS) is 1. The number of halogens is 1. The van der Waals surface area contributed by atoms with Gasteiger partial charge in [0.25, 0.3) is 0 Å². The fraction of sp³-hybridized carbons (Fsp3) is 0.316. The Labute approximate surface area is 156 Å². The lowest BCUT2D eigenvalue weighted by atomic mass is 10.0. The molecular formula is C19H20ClNO5. The number of carbonyl (C=O) groups is 1. The minimum atomic E-state index is -0.964. The van der Waals surface area contributed by atoms with Crippen LogP contribution in [0.2, 0.25) is 5.02 Å². The number of methoxy groups -OCH3 is 1. The van der Waals surface area contributed by atoms with Crippen molar-refractivity contribution in [3.63, 3.8) is 0 Å². The first-order chi connectivity index (χ1) is 12.6. The molecule has 1 heterocycles. The van der Waals surface area contributed by atoms with Crippen LogP contribution in [-0.4, -0.2) is 49.0 Å². The molecule has 138 valence electrons. The third-order valence-electron chi connectivity index (χ3n) is 4.21. The van der Waals surface area contributed by atoms with E-state index in [0.717, 1.165) is 5.56 Å². The van der Waals surface area contributed by atoms with E-state index < -0.39 is 18.3 Å². The Morgan fingerprint density at radius 3 is 2.73 bits per heavy atom. The van der Waals surface area contributed by atoms with Crippen molar-refractivity contribution in [1.82, 2.24) is 4.90 Å². The monoisotopic (exact) mass is 377 g/mol. The smallest absolute Gasteiger partial charge is 0.407 e. The van der Waals surface area contributed by atoms with Gasteiger partial charge in [-0.1, -0.05) is 41.9 Å². The van der Waals surface area contributed by atoms with Crippen LogP contribution in [0.3, 0.4) is 0 Å². The van der Waals surface area contributed by atoms with Crippen LogP contribution in [0.1, 0.15) is 11.7 Å². The minimum Gasteiger partial charge on any atom is -0.493 e. The quantitative estimate of drug-likeness (QED) is 0.857. The first-order valence-electron chi connectivity index (χ1n) is 8.23. The molecule has 3 rings (SSSR count). The molecule has 2 aromatic carbocycles. The normalized spacial score (nSPS) is 18.2. The van der Waals surface area contributed by atoms with Gasteiger partial charge in [-0.15, -0.1) is 0 Å². The van der Waals surface area contributed by atoms with Gasteiger partial charge in [0.2, 0.25) is 0 Å². The molecule has 0 aromatic heterocycles. The van der Waals surface area contributed by atoms with Gasteiger partial charge in [0.15, 0.2) is 17.6 Å². The second-order valence-corrected chi connectivity index (χ2v) is 6.32. The summed E-state index contributed by atoms with van der Waals surface area (Å²) >= 11 is 6.02. The van der Waals surface area contributed by atoms with Gasteiger partial charge in [0.1, 0.15) is 6.10 Å². The van der Waals surface area contributed by atoms with Gasteiger partial charge in [-0.05, 0) is 17.7 Å². The molecule has 2 aromatic rings. The van der Waals surface area contributed by atoms with E-state index in [1.165, 1.54) is 4.90 Å². The minimum absolute atomic E-state index is 0.227. The Hall–Kier alpha value is -2.44. The molecule has 2 atom stereocenters.